The average Bonchev–Trinajstić information content (AvgIpc) is 2.81. The summed E-state index contributed by atoms with van der Waals surface area (Å²) in [7, 11) is -4.54. The maximum absolute atomic E-state index is 12.6. The molecule has 0 aliphatic carbocycles. The quantitative estimate of drug-likeness (QED) is 0.752. The number of hydrogen-bond acceptors (Lipinski definition) is 4. The van der Waals surface area contributed by atoms with Crippen molar-refractivity contribution in [2.45, 2.75) is 19.9 Å². The first-order chi connectivity index (χ1) is 8.40. The van der Waals surface area contributed by atoms with Gasteiger partial charge in [-0.3, -0.25) is 9.69 Å². The summed E-state index contributed by atoms with van der Waals surface area (Å²) in [5.41, 5.74) is 0. The highest BCUT2D eigenvalue weighted by molar-refractivity contribution is 7.86. The van der Waals surface area contributed by atoms with E-state index in [1.807, 2.05) is 6.92 Å². The fourth-order valence-corrected chi connectivity index (χ4v) is 2.98. The van der Waals surface area contributed by atoms with Gasteiger partial charge in [0.1, 0.15) is 5.82 Å². The van der Waals surface area contributed by atoms with Crippen LogP contribution in [0, 0.1) is 5.92 Å². The third-order valence-corrected chi connectivity index (χ3v) is 3.78. The average molecular weight is 275 g/mol. The number of nitrogens with zero attached hydrogens (tertiary/aromatic N) is 3. The Morgan fingerprint density at radius 3 is 2.89 bits per heavy atom. The highest BCUT2D eigenvalue weighted by Crippen LogP contribution is 2.26. The molecule has 1 unspecified atom stereocenters. The first kappa shape index (κ1) is 13.0. The van der Waals surface area contributed by atoms with E-state index in [-0.39, 0.29) is 18.9 Å². The van der Waals surface area contributed by atoms with Crippen molar-refractivity contribution in [1.29, 1.82) is 0 Å². The fourth-order valence-electron chi connectivity index (χ4n) is 2.19. The van der Waals surface area contributed by atoms with E-state index >= 15 is 0 Å². The van der Waals surface area contributed by atoms with Gasteiger partial charge in [0.15, 0.2) is 0 Å². The van der Waals surface area contributed by atoms with Crippen molar-refractivity contribution in [1.82, 2.24) is 9.78 Å². The largest absolute Gasteiger partial charge is 0.302 e. The van der Waals surface area contributed by atoms with Crippen LogP contribution in [0.5, 0.6) is 0 Å². The number of anilines is 1. The summed E-state index contributed by atoms with van der Waals surface area (Å²) < 4.78 is 35.4. The van der Waals surface area contributed by atoms with E-state index in [9.17, 15) is 17.1 Å². The van der Waals surface area contributed by atoms with Gasteiger partial charge in [0, 0.05) is 31.5 Å². The Morgan fingerprint density at radius 1 is 1.56 bits per heavy atom. The van der Waals surface area contributed by atoms with Crippen molar-refractivity contribution in [3.63, 3.8) is 0 Å². The summed E-state index contributed by atoms with van der Waals surface area (Å²) in [5.74, 6) is -0.664. The van der Waals surface area contributed by atoms with Crippen LogP contribution >= 0.6 is 0 Å². The first-order valence-electron chi connectivity index (χ1n) is 5.65. The van der Waals surface area contributed by atoms with Crippen LogP contribution in [0.2, 0.25) is 0 Å². The van der Waals surface area contributed by atoms with Crippen LogP contribution in [-0.4, -0.2) is 36.4 Å². The Kier molecular flexibility index (Phi) is 3.38. The Morgan fingerprint density at radius 2 is 2.28 bits per heavy atom. The van der Waals surface area contributed by atoms with Gasteiger partial charge in [-0.2, -0.15) is 13.5 Å². The number of amides is 1. The zero-order valence-corrected chi connectivity index (χ0v) is 10.7. The number of hydrogen-bond donors (Lipinski definition) is 0. The van der Waals surface area contributed by atoms with Crippen LogP contribution in [0.25, 0.3) is 0 Å². The predicted molar refractivity (Wildman–Crippen MR) is 63.3 cm³/mol. The summed E-state index contributed by atoms with van der Waals surface area (Å²) in [6, 6.07) is 1.69. The Balaban J connectivity index is 2.15. The topological polar surface area (TPSA) is 72.3 Å². The molecule has 1 amide bonds. The molecular formula is C10H14FN3O3S. The number of carbonyl (C=O) groups is 1. The van der Waals surface area contributed by atoms with E-state index in [0.29, 0.717) is 12.4 Å². The van der Waals surface area contributed by atoms with E-state index in [0.717, 1.165) is 0 Å². The van der Waals surface area contributed by atoms with Crippen LogP contribution < -0.4 is 4.90 Å². The van der Waals surface area contributed by atoms with E-state index in [1.54, 1.807) is 16.9 Å². The summed E-state index contributed by atoms with van der Waals surface area (Å²) in [6.45, 7) is 2.71. The van der Waals surface area contributed by atoms with E-state index in [4.69, 9.17) is 0 Å². The standard InChI is InChI=1S/C10H14FN3O3S/c1-2-14-9(3-4-12-14)13-6-8(5-10(13)15)7-18(11,16)17/h3-4,8H,2,5-7H2,1H3. The van der Waals surface area contributed by atoms with Crippen LogP contribution in [0.15, 0.2) is 12.3 Å². The Hall–Kier alpha value is -1.44. The zero-order chi connectivity index (χ0) is 13.3. The lowest BCUT2D eigenvalue weighted by Crippen LogP contribution is -2.27. The summed E-state index contributed by atoms with van der Waals surface area (Å²) in [5, 5.41) is 4.04. The van der Waals surface area contributed by atoms with Crippen molar-refractivity contribution >= 4 is 21.9 Å². The molecule has 1 aliphatic rings. The number of halogens is 1. The van der Waals surface area contributed by atoms with Crippen molar-refractivity contribution in [3.05, 3.63) is 12.3 Å². The molecule has 0 aromatic carbocycles. The molecular weight excluding hydrogens is 261 g/mol. The lowest BCUT2D eigenvalue weighted by Gasteiger charge is -2.17. The summed E-state index contributed by atoms with van der Waals surface area (Å²) >= 11 is 0. The second-order valence-electron chi connectivity index (χ2n) is 4.29. The molecule has 100 valence electrons. The van der Waals surface area contributed by atoms with Crippen molar-refractivity contribution in [3.8, 4) is 0 Å². The molecule has 18 heavy (non-hydrogen) atoms. The molecule has 2 heterocycles. The summed E-state index contributed by atoms with van der Waals surface area (Å²) in [4.78, 5) is 13.3. The van der Waals surface area contributed by atoms with Crippen molar-refractivity contribution in [2.75, 3.05) is 17.2 Å². The molecule has 1 fully saturated rings. The van der Waals surface area contributed by atoms with Gasteiger partial charge >= 0.3 is 10.2 Å². The summed E-state index contributed by atoms with van der Waals surface area (Å²) in [6.07, 6.45) is 1.63. The molecule has 8 heteroatoms. The molecule has 6 nitrogen and oxygen atoms in total. The number of carbonyl (C=O) groups excluding carboxylic acids is 1. The van der Waals surface area contributed by atoms with Gasteiger partial charge in [-0.25, -0.2) is 4.68 Å². The van der Waals surface area contributed by atoms with E-state index in [2.05, 4.69) is 5.10 Å². The second kappa shape index (κ2) is 4.68. The molecule has 1 aromatic rings. The minimum atomic E-state index is -4.54. The first-order valence-corrected chi connectivity index (χ1v) is 7.20. The third-order valence-electron chi connectivity index (χ3n) is 2.91. The molecule has 0 spiro atoms. The van der Waals surface area contributed by atoms with Gasteiger partial charge in [0.25, 0.3) is 0 Å². The number of rotatable bonds is 4. The smallest absolute Gasteiger partial charge is 0.297 e. The molecule has 0 N–H and O–H groups in total. The van der Waals surface area contributed by atoms with E-state index in [1.165, 1.54) is 4.90 Å². The molecule has 0 radical (unpaired) electrons. The lowest BCUT2D eigenvalue weighted by molar-refractivity contribution is -0.117. The van der Waals surface area contributed by atoms with Crippen LogP contribution in [-0.2, 0) is 21.6 Å². The van der Waals surface area contributed by atoms with Gasteiger partial charge in [0.2, 0.25) is 5.91 Å². The monoisotopic (exact) mass is 275 g/mol. The minimum absolute atomic E-state index is 0.0536. The molecule has 1 atom stereocenters. The highest BCUT2D eigenvalue weighted by Gasteiger charge is 2.34. The normalized spacial score (nSPS) is 20.7. The lowest BCUT2D eigenvalue weighted by atomic mass is 10.1. The van der Waals surface area contributed by atoms with Gasteiger partial charge in [-0.05, 0) is 6.92 Å². The third kappa shape index (κ3) is 2.69. The molecule has 0 bridgehead atoms. The zero-order valence-electron chi connectivity index (χ0n) is 9.91. The fraction of sp³-hybridized carbons (Fsp3) is 0.600. The molecule has 0 saturated carbocycles. The van der Waals surface area contributed by atoms with E-state index < -0.39 is 21.9 Å². The molecule has 1 saturated heterocycles. The Labute approximate surface area is 105 Å². The van der Waals surface area contributed by atoms with Gasteiger partial charge in [-0.15, -0.1) is 3.89 Å². The van der Waals surface area contributed by atoms with Crippen LogP contribution in [0.1, 0.15) is 13.3 Å². The van der Waals surface area contributed by atoms with Crippen molar-refractivity contribution < 1.29 is 17.1 Å². The van der Waals surface area contributed by atoms with Gasteiger partial charge < -0.3 is 0 Å². The van der Waals surface area contributed by atoms with Gasteiger partial charge in [-0.1, -0.05) is 0 Å². The van der Waals surface area contributed by atoms with Crippen LogP contribution in [0.4, 0.5) is 9.70 Å². The highest BCUT2D eigenvalue weighted by atomic mass is 32.3. The van der Waals surface area contributed by atoms with Crippen molar-refractivity contribution in [2.24, 2.45) is 5.92 Å². The van der Waals surface area contributed by atoms with Gasteiger partial charge in [0.05, 0.1) is 11.9 Å². The predicted octanol–water partition coefficient (Wildman–Crippen LogP) is 0.555. The minimum Gasteiger partial charge on any atom is -0.297 e. The maximum Gasteiger partial charge on any atom is 0.302 e. The number of aromatic nitrogens is 2. The second-order valence-corrected chi connectivity index (χ2v) is 5.70. The number of aryl methyl sites for hydroxylation is 1. The van der Waals surface area contributed by atoms with Crippen LogP contribution in [0.3, 0.4) is 0 Å². The molecule has 1 aromatic heterocycles. The Bertz CT molecular complexity index is 554. The molecule has 1 aliphatic heterocycles. The molecule has 2 rings (SSSR count). The SMILES string of the molecule is CCn1nccc1N1CC(CS(=O)(=O)F)CC1=O. The maximum atomic E-state index is 12.6.